The normalized spacial score (nSPS) is 25.1. The molecular weight excluding hydrogens is 248 g/mol. The Morgan fingerprint density at radius 3 is 2.89 bits per heavy atom. The van der Waals surface area contributed by atoms with Crippen molar-refractivity contribution in [3.63, 3.8) is 0 Å². The third-order valence-electron chi connectivity index (χ3n) is 3.52. The van der Waals surface area contributed by atoms with Gasteiger partial charge in [-0.2, -0.15) is 0 Å². The summed E-state index contributed by atoms with van der Waals surface area (Å²) in [6.45, 7) is 7.60. The lowest BCUT2D eigenvalue weighted by atomic mass is 9.91. The van der Waals surface area contributed by atoms with Crippen LogP contribution in [0.3, 0.4) is 0 Å². The van der Waals surface area contributed by atoms with E-state index in [0.29, 0.717) is 6.61 Å². The molecule has 1 aliphatic rings. The van der Waals surface area contributed by atoms with Crippen molar-refractivity contribution in [2.75, 3.05) is 13.2 Å². The van der Waals surface area contributed by atoms with Crippen LogP contribution >= 0.6 is 11.6 Å². The first-order valence-corrected chi connectivity index (χ1v) is 7.02. The van der Waals surface area contributed by atoms with E-state index >= 15 is 0 Å². The standard InChI is InChI=1S/C15H21ClO2/c1-4-17-13-7-6-11(2)10-12(13)14(16)15(3)8-5-9-18-15/h6-7,10,14H,4-5,8-9H2,1-3H3. The SMILES string of the molecule is CCOc1ccc(C)cc1C(Cl)C1(C)CCCO1. The fourth-order valence-electron chi connectivity index (χ4n) is 2.48. The second kappa shape index (κ2) is 5.50. The van der Waals surface area contributed by atoms with Crippen molar-refractivity contribution in [1.29, 1.82) is 0 Å². The maximum Gasteiger partial charge on any atom is 0.124 e. The molecule has 2 atom stereocenters. The van der Waals surface area contributed by atoms with Crippen molar-refractivity contribution < 1.29 is 9.47 Å². The summed E-state index contributed by atoms with van der Waals surface area (Å²) in [6, 6.07) is 6.16. The average molecular weight is 269 g/mol. The number of rotatable bonds is 4. The highest BCUT2D eigenvalue weighted by Gasteiger charge is 2.39. The van der Waals surface area contributed by atoms with Gasteiger partial charge in [0, 0.05) is 12.2 Å². The number of alkyl halides is 1. The van der Waals surface area contributed by atoms with E-state index < -0.39 is 0 Å². The monoisotopic (exact) mass is 268 g/mol. The van der Waals surface area contributed by atoms with Gasteiger partial charge in [0.2, 0.25) is 0 Å². The van der Waals surface area contributed by atoms with E-state index in [-0.39, 0.29) is 11.0 Å². The second-order valence-electron chi connectivity index (χ2n) is 5.10. The molecule has 3 heteroatoms. The maximum atomic E-state index is 6.66. The van der Waals surface area contributed by atoms with Gasteiger partial charge in [0.15, 0.2) is 0 Å². The molecule has 18 heavy (non-hydrogen) atoms. The Morgan fingerprint density at radius 1 is 1.50 bits per heavy atom. The molecule has 0 N–H and O–H groups in total. The van der Waals surface area contributed by atoms with E-state index in [1.165, 1.54) is 5.56 Å². The van der Waals surface area contributed by atoms with E-state index in [2.05, 4.69) is 26.0 Å². The van der Waals surface area contributed by atoms with Crippen molar-refractivity contribution in [2.24, 2.45) is 0 Å². The van der Waals surface area contributed by atoms with Gasteiger partial charge in [0.25, 0.3) is 0 Å². The zero-order chi connectivity index (χ0) is 13.2. The predicted octanol–water partition coefficient (Wildman–Crippen LogP) is 4.24. The number of benzene rings is 1. The Labute approximate surface area is 114 Å². The number of hydrogen-bond donors (Lipinski definition) is 0. The lowest BCUT2D eigenvalue weighted by Crippen LogP contribution is -2.29. The molecule has 0 radical (unpaired) electrons. The molecule has 0 saturated carbocycles. The van der Waals surface area contributed by atoms with Gasteiger partial charge in [-0.25, -0.2) is 0 Å². The molecule has 1 aliphatic heterocycles. The maximum absolute atomic E-state index is 6.66. The lowest BCUT2D eigenvalue weighted by Gasteiger charge is -2.30. The molecule has 1 fully saturated rings. The summed E-state index contributed by atoms with van der Waals surface area (Å²) in [6.07, 6.45) is 2.08. The average Bonchev–Trinajstić information content (AvgIpc) is 2.79. The summed E-state index contributed by atoms with van der Waals surface area (Å²) < 4.78 is 11.5. The first-order chi connectivity index (χ1) is 8.57. The number of halogens is 1. The van der Waals surface area contributed by atoms with Gasteiger partial charge in [-0.05, 0) is 39.7 Å². The first-order valence-electron chi connectivity index (χ1n) is 6.58. The van der Waals surface area contributed by atoms with Crippen LogP contribution in [-0.4, -0.2) is 18.8 Å². The van der Waals surface area contributed by atoms with Crippen LogP contribution in [0.2, 0.25) is 0 Å². The summed E-state index contributed by atoms with van der Waals surface area (Å²) >= 11 is 6.66. The Bertz CT molecular complexity index is 411. The second-order valence-corrected chi connectivity index (χ2v) is 5.54. The molecule has 1 heterocycles. The molecule has 100 valence electrons. The van der Waals surface area contributed by atoms with Gasteiger partial charge in [0.05, 0.1) is 17.6 Å². The Hall–Kier alpha value is -0.730. The number of aryl methyl sites for hydroxylation is 1. The zero-order valence-electron chi connectivity index (χ0n) is 11.3. The summed E-state index contributed by atoms with van der Waals surface area (Å²) in [7, 11) is 0. The van der Waals surface area contributed by atoms with Crippen molar-refractivity contribution in [3.05, 3.63) is 29.3 Å². The van der Waals surface area contributed by atoms with Crippen LogP contribution in [0.1, 0.15) is 43.2 Å². The third-order valence-corrected chi connectivity index (χ3v) is 4.22. The third kappa shape index (κ3) is 2.65. The number of hydrogen-bond acceptors (Lipinski definition) is 2. The summed E-state index contributed by atoms with van der Waals surface area (Å²) in [4.78, 5) is 0. The first kappa shape index (κ1) is 13.7. The van der Waals surface area contributed by atoms with Crippen molar-refractivity contribution in [2.45, 2.75) is 44.6 Å². The molecule has 1 aromatic carbocycles. The van der Waals surface area contributed by atoms with Crippen LogP contribution in [0, 0.1) is 6.92 Å². The van der Waals surface area contributed by atoms with Crippen molar-refractivity contribution in [3.8, 4) is 5.75 Å². The topological polar surface area (TPSA) is 18.5 Å². The van der Waals surface area contributed by atoms with Crippen LogP contribution in [0.4, 0.5) is 0 Å². The van der Waals surface area contributed by atoms with Gasteiger partial charge >= 0.3 is 0 Å². The highest BCUT2D eigenvalue weighted by atomic mass is 35.5. The minimum Gasteiger partial charge on any atom is -0.494 e. The van der Waals surface area contributed by atoms with E-state index in [0.717, 1.165) is 30.8 Å². The molecular formula is C15H21ClO2. The molecule has 0 bridgehead atoms. The number of ether oxygens (including phenoxy) is 2. The molecule has 2 rings (SSSR count). The van der Waals surface area contributed by atoms with Gasteiger partial charge in [-0.1, -0.05) is 17.7 Å². The minimum absolute atomic E-state index is 0.165. The fourth-order valence-corrected chi connectivity index (χ4v) is 2.83. The quantitative estimate of drug-likeness (QED) is 0.761. The Morgan fingerprint density at radius 2 is 2.28 bits per heavy atom. The summed E-state index contributed by atoms with van der Waals surface area (Å²) in [5.74, 6) is 0.875. The predicted molar refractivity (Wildman–Crippen MR) is 74.5 cm³/mol. The lowest BCUT2D eigenvalue weighted by molar-refractivity contribution is 0.0159. The van der Waals surface area contributed by atoms with Gasteiger partial charge in [-0.3, -0.25) is 0 Å². The molecule has 1 aromatic rings. The van der Waals surface area contributed by atoms with Crippen molar-refractivity contribution in [1.82, 2.24) is 0 Å². The van der Waals surface area contributed by atoms with E-state index in [4.69, 9.17) is 21.1 Å². The molecule has 2 unspecified atom stereocenters. The summed E-state index contributed by atoms with van der Waals surface area (Å²) in [5, 5.41) is -0.165. The molecule has 1 saturated heterocycles. The van der Waals surface area contributed by atoms with E-state index in [1.54, 1.807) is 0 Å². The highest BCUT2D eigenvalue weighted by molar-refractivity contribution is 6.21. The molecule has 0 aliphatic carbocycles. The zero-order valence-corrected chi connectivity index (χ0v) is 12.1. The smallest absolute Gasteiger partial charge is 0.124 e. The van der Waals surface area contributed by atoms with Gasteiger partial charge in [-0.15, -0.1) is 11.6 Å². The van der Waals surface area contributed by atoms with Crippen LogP contribution in [-0.2, 0) is 4.74 Å². The van der Waals surface area contributed by atoms with Crippen LogP contribution in [0.15, 0.2) is 18.2 Å². The van der Waals surface area contributed by atoms with Crippen LogP contribution in [0.25, 0.3) is 0 Å². The highest BCUT2D eigenvalue weighted by Crippen LogP contribution is 2.44. The van der Waals surface area contributed by atoms with Crippen LogP contribution in [0.5, 0.6) is 5.75 Å². The Balaban J connectivity index is 2.33. The van der Waals surface area contributed by atoms with Gasteiger partial charge in [0.1, 0.15) is 5.75 Å². The molecule has 0 amide bonds. The fraction of sp³-hybridized carbons (Fsp3) is 0.600. The molecule has 0 spiro atoms. The Kier molecular flexibility index (Phi) is 4.18. The van der Waals surface area contributed by atoms with E-state index in [9.17, 15) is 0 Å². The largest absolute Gasteiger partial charge is 0.494 e. The summed E-state index contributed by atoms with van der Waals surface area (Å²) in [5.41, 5.74) is 1.96. The van der Waals surface area contributed by atoms with Crippen molar-refractivity contribution >= 4 is 11.6 Å². The molecule has 0 aromatic heterocycles. The van der Waals surface area contributed by atoms with Gasteiger partial charge < -0.3 is 9.47 Å². The minimum atomic E-state index is -0.277. The molecule has 2 nitrogen and oxygen atoms in total. The van der Waals surface area contributed by atoms with E-state index in [1.807, 2.05) is 13.0 Å². The van der Waals surface area contributed by atoms with Crippen LogP contribution < -0.4 is 4.74 Å².